The van der Waals surface area contributed by atoms with Crippen LogP contribution in [0.25, 0.3) is 16.9 Å². The summed E-state index contributed by atoms with van der Waals surface area (Å²) in [6.45, 7) is 2.43. The van der Waals surface area contributed by atoms with Gasteiger partial charge in [0.2, 0.25) is 5.88 Å². The van der Waals surface area contributed by atoms with Crippen LogP contribution < -0.4 is 4.74 Å². The molecule has 29 heavy (non-hydrogen) atoms. The van der Waals surface area contributed by atoms with E-state index in [-0.39, 0.29) is 12.1 Å². The Bertz CT molecular complexity index is 963. The summed E-state index contributed by atoms with van der Waals surface area (Å²) in [5, 5.41) is 0. The molecule has 9 heteroatoms. The van der Waals surface area contributed by atoms with Gasteiger partial charge in [-0.25, -0.2) is 9.97 Å². The Morgan fingerprint density at radius 3 is 2.41 bits per heavy atom. The zero-order valence-electron chi connectivity index (χ0n) is 16.3. The van der Waals surface area contributed by atoms with E-state index in [0.717, 1.165) is 31.4 Å². The largest absolute Gasteiger partial charge is 0.476 e. The minimum absolute atomic E-state index is 0.123. The summed E-state index contributed by atoms with van der Waals surface area (Å²) >= 11 is 0. The quantitative estimate of drug-likeness (QED) is 0.528. The highest BCUT2D eigenvalue weighted by Gasteiger charge is 2.36. The molecule has 154 valence electrons. The Kier molecular flexibility index (Phi) is 5.79. The topological polar surface area (TPSA) is 114 Å². The van der Waals surface area contributed by atoms with Gasteiger partial charge in [-0.15, -0.1) is 0 Å². The average molecular weight is 417 g/mol. The van der Waals surface area contributed by atoms with Gasteiger partial charge in [0.05, 0.1) is 6.61 Å². The van der Waals surface area contributed by atoms with Crippen LogP contribution in [0.3, 0.4) is 0 Å². The minimum Gasteiger partial charge on any atom is -0.476 e. The summed E-state index contributed by atoms with van der Waals surface area (Å²) < 4.78 is 7.46. The predicted molar refractivity (Wildman–Crippen MR) is 111 cm³/mol. The Morgan fingerprint density at radius 1 is 1.03 bits per heavy atom. The van der Waals surface area contributed by atoms with Gasteiger partial charge in [-0.1, -0.05) is 12.1 Å². The second-order valence-corrected chi connectivity index (χ2v) is 9.33. The van der Waals surface area contributed by atoms with Crippen molar-refractivity contribution in [3.05, 3.63) is 42.5 Å². The van der Waals surface area contributed by atoms with E-state index < -0.39 is 7.94 Å². The van der Waals surface area contributed by atoms with Crippen LogP contribution in [0.2, 0.25) is 0 Å². The van der Waals surface area contributed by atoms with Crippen LogP contribution in [0.5, 0.6) is 5.88 Å². The minimum atomic E-state index is -3.67. The standard InChI is InChI=1S/C20H26N4O4P/c1-2-28-20-18-19(21-12-22-20)24(13-23-18)17-9-7-16(8-10-17)15-5-3-14(4-6-15)11-29(25,26)27/h7-10,12-15,25-27H,2-6,11H2,1H3/q+1. The van der Waals surface area contributed by atoms with Gasteiger partial charge < -0.3 is 4.74 Å². The third-order valence-corrected chi connectivity index (χ3v) is 6.58. The molecule has 3 N–H and O–H groups in total. The normalized spacial score (nSPS) is 20.1. The van der Waals surface area contributed by atoms with Crippen LogP contribution in [0.1, 0.15) is 44.1 Å². The van der Waals surface area contributed by atoms with Crippen molar-refractivity contribution in [2.45, 2.75) is 38.5 Å². The van der Waals surface area contributed by atoms with Gasteiger partial charge in [0.15, 0.2) is 11.2 Å². The van der Waals surface area contributed by atoms with Crippen LogP contribution in [0, 0.1) is 5.92 Å². The van der Waals surface area contributed by atoms with Crippen LogP contribution >= 0.6 is 7.94 Å². The Labute approximate surface area is 169 Å². The molecule has 4 rings (SSSR count). The number of ether oxygens (including phenoxy) is 1. The van der Waals surface area contributed by atoms with Crippen molar-refractivity contribution in [2.75, 3.05) is 12.8 Å². The average Bonchev–Trinajstić information content (AvgIpc) is 3.13. The van der Waals surface area contributed by atoms with Crippen molar-refractivity contribution in [3.8, 4) is 11.6 Å². The van der Waals surface area contributed by atoms with Crippen molar-refractivity contribution < 1.29 is 19.4 Å². The molecule has 2 heterocycles. The van der Waals surface area contributed by atoms with E-state index in [2.05, 4.69) is 39.2 Å². The maximum Gasteiger partial charge on any atom is 0.403 e. The molecule has 1 saturated carbocycles. The van der Waals surface area contributed by atoms with Crippen molar-refractivity contribution >= 4 is 19.1 Å². The summed E-state index contributed by atoms with van der Waals surface area (Å²) in [4.78, 5) is 40.8. The van der Waals surface area contributed by atoms with Crippen LogP contribution in [0.4, 0.5) is 0 Å². The molecular formula is C20H26N4O4P+. The molecular weight excluding hydrogens is 391 g/mol. The highest BCUT2D eigenvalue weighted by atomic mass is 31.2. The van der Waals surface area contributed by atoms with Gasteiger partial charge in [-0.3, -0.25) is 4.57 Å². The van der Waals surface area contributed by atoms with Gasteiger partial charge in [0, 0.05) is 11.6 Å². The van der Waals surface area contributed by atoms with Crippen molar-refractivity contribution in [1.82, 2.24) is 19.5 Å². The third-order valence-electron chi connectivity index (χ3n) is 5.57. The molecule has 0 atom stereocenters. The molecule has 1 fully saturated rings. The molecule has 2 aromatic heterocycles. The molecule has 0 radical (unpaired) electrons. The molecule has 3 aromatic rings. The fourth-order valence-electron chi connectivity index (χ4n) is 4.18. The highest BCUT2D eigenvalue weighted by molar-refractivity contribution is 7.58. The van der Waals surface area contributed by atoms with E-state index in [1.165, 1.54) is 11.9 Å². The van der Waals surface area contributed by atoms with E-state index in [0.29, 0.717) is 29.6 Å². The monoisotopic (exact) mass is 417 g/mol. The molecule has 1 aliphatic rings. The molecule has 0 aliphatic heterocycles. The smallest absolute Gasteiger partial charge is 0.403 e. The van der Waals surface area contributed by atoms with Crippen LogP contribution in [-0.2, 0) is 0 Å². The van der Waals surface area contributed by atoms with Crippen molar-refractivity contribution in [2.24, 2.45) is 5.92 Å². The predicted octanol–water partition coefficient (Wildman–Crippen LogP) is 3.23. The molecule has 1 aliphatic carbocycles. The lowest BCUT2D eigenvalue weighted by Gasteiger charge is -2.28. The van der Waals surface area contributed by atoms with Crippen LogP contribution in [-0.4, -0.2) is 47.0 Å². The van der Waals surface area contributed by atoms with Gasteiger partial charge in [-0.2, -0.15) is 19.7 Å². The first-order valence-electron chi connectivity index (χ1n) is 9.92. The molecule has 0 unspecified atom stereocenters. The lowest BCUT2D eigenvalue weighted by molar-refractivity contribution is 0.291. The fraction of sp³-hybridized carbons (Fsp3) is 0.450. The van der Waals surface area contributed by atoms with E-state index in [4.69, 9.17) is 4.74 Å². The lowest BCUT2D eigenvalue weighted by Crippen LogP contribution is -2.18. The number of imidazole rings is 1. The summed E-state index contributed by atoms with van der Waals surface area (Å²) in [7, 11) is -3.67. The second kappa shape index (κ2) is 8.32. The molecule has 0 amide bonds. The number of benzene rings is 1. The maximum absolute atomic E-state index is 9.29. The lowest BCUT2D eigenvalue weighted by atomic mass is 9.79. The van der Waals surface area contributed by atoms with E-state index in [1.54, 1.807) is 6.33 Å². The number of hydrogen-bond donors (Lipinski definition) is 3. The van der Waals surface area contributed by atoms with E-state index >= 15 is 0 Å². The summed E-state index contributed by atoms with van der Waals surface area (Å²) in [5.74, 6) is 1.13. The molecule has 8 nitrogen and oxygen atoms in total. The summed E-state index contributed by atoms with van der Waals surface area (Å²) in [6, 6.07) is 8.41. The van der Waals surface area contributed by atoms with Gasteiger partial charge in [-0.05, 0) is 56.2 Å². The number of nitrogens with zero attached hydrogens (tertiary/aromatic N) is 4. The number of fused-ring (bicyclic) bond motifs is 1. The first kappa shape index (κ1) is 20.2. The zero-order chi connectivity index (χ0) is 20.4. The van der Waals surface area contributed by atoms with Crippen molar-refractivity contribution in [3.63, 3.8) is 0 Å². The number of rotatable bonds is 6. The maximum atomic E-state index is 9.29. The van der Waals surface area contributed by atoms with Gasteiger partial charge in [0.25, 0.3) is 0 Å². The first-order chi connectivity index (χ1) is 13.9. The highest BCUT2D eigenvalue weighted by Crippen LogP contribution is 2.50. The fourth-order valence-corrected chi connectivity index (χ4v) is 5.23. The zero-order valence-corrected chi connectivity index (χ0v) is 17.2. The second-order valence-electron chi connectivity index (χ2n) is 7.58. The summed E-state index contributed by atoms with van der Waals surface area (Å²) in [5.41, 5.74) is 3.61. The number of aromatic nitrogens is 4. The molecule has 1 aromatic carbocycles. The van der Waals surface area contributed by atoms with E-state index in [9.17, 15) is 14.7 Å². The first-order valence-corrected chi connectivity index (χ1v) is 11.8. The van der Waals surface area contributed by atoms with Crippen LogP contribution in [0.15, 0.2) is 36.9 Å². The van der Waals surface area contributed by atoms with Gasteiger partial charge >= 0.3 is 7.94 Å². The molecule has 0 spiro atoms. The summed E-state index contributed by atoms with van der Waals surface area (Å²) in [6.07, 6.45) is 7.12. The third kappa shape index (κ3) is 4.56. The Balaban J connectivity index is 1.48. The van der Waals surface area contributed by atoms with Gasteiger partial charge in [0.1, 0.15) is 18.8 Å². The van der Waals surface area contributed by atoms with Crippen molar-refractivity contribution in [1.29, 1.82) is 0 Å². The molecule has 0 bridgehead atoms. The SMILES string of the molecule is CCOc1ncnc2c1ncn2-c1ccc(C2CCC(C[P+](O)(O)O)CC2)cc1. The molecule has 0 saturated heterocycles. The van der Waals surface area contributed by atoms with E-state index in [1.807, 2.05) is 11.5 Å². The Hall–Kier alpha value is -2.12. The Morgan fingerprint density at radius 2 is 1.76 bits per heavy atom. The number of hydrogen-bond acceptors (Lipinski definition) is 7.